The van der Waals surface area contributed by atoms with Gasteiger partial charge in [-0.25, -0.2) is 0 Å². The molecule has 120 valence electrons. The zero-order valence-electron chi connectivity index (χ0n) is 12.5. The van der Waals surface area contributed by atoms with Crippen LogP contribution in [0.15, 0.2) is 18.2 Å². The second-order valence-corrected chi connectivity index (χ2v) is 6.07. The van der Waals surface area contributed by atoms with Gasteiger partial charge in [0.25, 0.3) is 5.91 Å². The topological polar surface area (TPSA) is 49.9 Å². The van der Waals surface area contributed by atoms with Crippen molar-refractivity contribution < 1.29 is 14.3 Å². The van der Waals surface area contributed by atoms with E-state index in [1.54, 1.807) is 34.9 Å². The molecule has 5 nitrogen and oxygen atoms in total. The summed E-state index contributed by atoms with van der Waals surface area (Å²) in [6.07, 6.45) is -0.640. The molecule has 0 aromatic heterocycles. The molecule has 1 saturated heterocycles. The molecule has 1 aromatic carbocycles. The van der Waals surface area contributed by atoms with Gasteiger partial charge in [0.15, 0.2) is 6.10 Å². The summed E-state index contributed by atoms with van der Waals surface area (Å²) in [6.45, 7) is 5.36. The minimum Gasteiger partial charge on any atom is -0.481 e. The smallest absolute Gasteiger partial charge is 0.263 e. The first-order chi connectivity index (χ1) is 10.4. The fourth-order valence-corrected chi connectivity index (χ4v) is 2.86. The van der Waals surface area contributed by atoms with Gasteiger partial charge in [0.1, 0.15) is 5.75 Å². The van der Waals surface area contributed by atoms with Crippen molar-refractivity contribution in [2.75, 3.05) is 26.2 Å². The predicted octanol–water partition coefficient (Wildman–Crippen LogP) is 2.45. The second kappa shape index (κ2) is 7.20. The third kappa shape index (κ3) is 4.27. The number of halogens is 2. The van der Waals surface area contributed by atoms with Crippen molar-refractivity contribution in [3.05, 3.63) is 28.2 Å². The average molecular weight is 345 g/mol. The Balaban J connectivity index is 1.94. The Labute approximate surface area is 139 Å². The zero-order chi connectivity index (χ0) is 16.3. The van der Waals surface area contributed by atoms with Crippen LogP contribution in [0.25, 0.3) is 0 Å². The van der Waals surface area contributed by atoms with Crippen LogP contribution >= 0.6 is 23.2 Å². The van der Waals surface area contributed by atoms with Gasteiger partial charge in [-0.1, -0.05) is 23.2 Å². The van der Waals surface area contributed by atoms with Gasteiger partial charge >= 0.3 is 0 Å². The maximum Gasteiger partial charge on any atom is 0.263 e. The Kier molecular flexibility index (Phi) is 5.53. The fraction of sp³-hybridized carbons (Fsp3) is 0.467. The fourth-order valence-electron chi connectivity index (χ4n) is 2.35. The molecule has 1 aliphatic heterocycles. The Hall–Kier alpha value is -1.46. The average Bonchev–Trinajstić information content (AvgIpc) is 2.45. The minimum absolute atomic E-state index is 0.0324. The van der Waals surface area contributed by atoms with Crippen LogP contribution in [0, 0.1) is 0 Å². The number of benzene rings is 1. The molecule has 0 spiro atoms. The van der Waals surface area contributed by atoms with Gasteiger partial charge in [-0.05, 0) is 25.1 Å². The maximum atomic E-state index is 12.4. The van der Waals surface area contributed by atoms with Crippen LogP contribution in [0.1, 0.15) is 13.8 Å². The number of carbonyl (C=O) groups excluding carboxylic acids is 2. The number of hydrogen-bond donors (Lipinski definition) is 0. The highest BCUT2D eigenvalue weighted by molar-refractivity contribution is 6.34. The zero-order valence-corrected chi connectivity index (χ0v) is 14.0. The van der Waals surface area contributed by atoms with Crippen molar-refractivity contribution in [1.82, 2.24) is 9.80 Å². The van der Waals surface area contributed by atoms with Gasteiger partial charge < -0.3 is 14.5 Å². The maximum absolute atomic E-state index is 12.4. The third-order valence-corrected chi connectivity index (χ3v) is 3.97. The Morgan fingerprint density at radius 3 is 2.05 bits per heavy atom. The monoisotopic (exact) mass is 344 g/mol. The number of ether oxygens (including phenoxy) is 1. The number of hydrogen-bond acceptors (Lipinski definition) is 3. The van der Waals surface area contributed by atoms with E-state index in [0.717, 1.165) is 0 Å². The summed E-state index contributed by atoms with van der Waals surface area (Å²) < 4.78 is 5.62. The summed E-state index contributed by atoms with van der Waals surface area (Å²) >= 11 is 11.8. The molecule has 1 aromatic rings. The van der Waals surface area contributed by atoms with E-state index >= 15 is 0 Å². The molecule has 0 N–H and O–H groups in total. The number of nitrogens with zero attached hydrogens (tertiary/aromatic N) is 2. The minimum atomic E-state index is -0.640. The number of carbonyl (C=O) groups is 2. The quantitative estimate of drug-likeness (QED) is 0.846. The van der Waals surface area contributed by atoms with Crippen LogP contribution in [-0.2, 0) is 9.59 Å². The van der Waals surface area contributed by atoms with E-state index in [1.807, 2.05) is 0 Å². The first-order valence-electron chi connectivity index (χ1n) is 7.04. The largest absolute Gasteiger partial charge is 0.481 e. The van der Waals surface area contributed by atoms with E-state index < -0.39 is 6.10 Å². The predicted molar refractivity (Wildman–Crippen MR) is 85.4 cm³/mol. The van der Waals surface area contributed by atoms with Crippen LogP contribution in [0.3, 0.4) is 0 Å². The van der Waals surface area contributed by atoms with Crippen LogP contribution in [0.2, 0.25) is 10.0 Å². The molecule has 2 rings (SSSR count). The van der Waals surface area contributed by atoms with E-state index in [0.29, 0.717) is 42.0 Å². The molecule has 1 aliphatic rings. The summed E-state index contributed by atoms with van der Waals surface area (Å²) in [5.74, 6) is 0.380. The molecule has 0 radical (unpaired) electrons. The second-order valence-electron chi connectivity index (χ2n) is 5.20. The van der Waals surface area contributed by atoms with Crippen molar-refractivity contribution in [1.29, 1.82) is 0 Å². The van der Waals surface area contributed by atoms with Crippen molar-refractivity contribution in [3.8, 4) is 5.75 Å². The summed E-state index contributed by atoms with van der Waals surface area (Å²) in [7, 11) is 0. The summed E-state index contributed by atoms with van der Waals surface area (Å²) in [4.78, 5) is 27.1. The van der Waals surface area contributed by atoms with Gasteiger partial charge in [-0.2, -0.15) is 0 Å². The molecule has 22 heavy (non-hydrogen) atoms. The first kappa shape index (κ1) is 16.9. The summed E-state index contributed by atoms with van der Waals surface area (Å²) in [5.41, 5.74) is 0. The summed E-state index contributed by atoms with van der Waals surface area (Å²) in [5, 5.41) is 0.912. The lowest BCUT2D eigenvalue weighted by molar-refractivity contribution is -0.143. The standard InChI is InChI=1S/C15H18Cl2N2O3/c1-10(22-14-8-12(16)7-13(17)9-14)15(21)19-5-3-18(4-6-19)11(2)20/h7-10H,3-6H2,1-2H3/t10-/m1/s1. The van der Waals surface area contributed by atoms with Gasteiger partial charge in [0.05, 0.1) is 0 Å². The first-order valence-corrected chi connectivity index (χ1v) is 7.79. The highest BCUT2D eigenvalue weighted by Gasteiger charge is 2.26. The Morgan fingerprint density at radius 1 is 1.05 bits per heavy atom. The van der Waals surface area contributed by atoms with Gasteiger partial charge in [0.2, 0.25) is 5.91 Å². The highest BCUT2D eigenvalue weighted by atomic mass is 35.5. The third-order valence-electron chi connectivity index (χ3n) is 3.53. The lowest BCUT2D eigenvalue weighted by atomic mass is 10.2. The molecule has 0 unspecified atom stereocenters. The van der Waals surface area contributed by atoms with Gasteiger partial charge in [0, 0.05) is 43.1 Å². The molecule has 0 saturated carbocycles. The van der Waals surface area contributed by atoms with Crippen LogP contribution < -0.4 is 4.74 Å². The van der Waals surface area contributed by atoms with E-state index in [2.05, 4.69) is 0 Å². The molecule has 0 bridgehead atoms. The van der Waals surface area contributed by atoms with Crippen molar-refractivity contribution in [2.45, 2.75) is 20.0 Å². The van der Waals surface area contributed by atoms with Gasteiger partial charge in [-0.15, -0.1) is 0 Å². The van der Waals surface area contributed by atoms with E-state index in [-0.39, 0.29) is 11.8 Å². The highest BCUT2D eigenvalue weighted by Crippen LogP contribution is 2.25. The normalized spacial score (nSPS) is 16.4. The number of amides is 2. The SMILES string of the molecule is CC(=O)N1CCN(C(=O)[C@@H](C)Oc2cc(Cl)cc(Cl)c2)CC1. The Morgan fingerprint density at radius 2 is 1.55 bits per heavy atom. The molecule has 1 fully saturated rings. The lowest BCUT2D eigenvalue weighted by Crippen LogP contribution is -2.52. The van der Waals surface area contributed by atoms with Crippen LogP contribution in [-0.4, -0.2) is 53.9 Å². The molecule has 7 heteroatoms. The molecular formula is C15H18Cl2N2O3. The van der Waals surface area contributed by atoms with Crippen molar-refractivity contribution >= 4 is 35.0 Å². The van der Waals surface area contributed by atoms with E-state index in [1.165, 1.54) is 6.92 Å². The van der Waals surface area contributed by atoms with Crippen molar-refractivity contribution in [2.24, 2.45) is 0 Å². The van der Waals surface area contributed by atoms with Crippen molar-refractivity contribution in [3.63, 3.8) is 0 Å². The lowest BCUT2D eigenvalue weighted by Gasteiger charge is -2.35. The molecular weight excluding hydrogens is 327 g/mol. The van der Waals surface area contributed by atoms with Crippen LogP contribution in [0.4, 0.5) is 0 Å². The van der Waals surface area contributed by atoms with Gasteiger partial charge in [-0.3, -0.25) is 9.59 Å². The Bertz CT molecular complexity index is 552. The molecule has 1 atom stereocenters. The van der Waals surface area contributed by atoms with Crippen LogP contribution in [0.5, 0.6) is 5.75 Å². The molecule has 2 amide bonds. The molecule has 0 aliphatic carbocycles. The number of rotatable bonds is 3. The summed E-state index contributed by atoms with van der Waals surface area (Å²) in [6, 6.07) is 4.83. The van der Waals surface area contributed by atoms with E-state index in [9.17, 15) is 9.59 Å². The molecule has 1 heterocycles. The van der Waals surface area contributed by atoms with E-state index in [4.69, 9.17) is 27.9 Å². The number of piperazine rings is 1.